The van der Waals surface area contributed by atoms with Crippen LogP contribution in [-0.4, -0.2) is 42.9 Å². The van der Waals surface area contributed by atoms with Crippen LogP contribution in [0.1, 0.15) is 28.3 Å². The third-order valence-electron chi connectivity index (χ3n) is 4.55. The van der Waals surface area contributed by atoms with Gasteiger partial charge in [-0.3, -0.25) is 4.79 Å². The average molecular weight is 360 g/mol. The molecule has 1 amide bonds. The van der Waals surface area contributed by atoms with Crippen LogP contribution >= 0.6 is 0 Å². The maximum atomic E-state index is 12.8. The largest absolute Gasteiger partial charge is 0.391 e. The molecule has 3 N–H and O–H groups in total. The summed E-state index contributed by atoms with van der Waals surface area (Å²) < 4.78 is 26.8. The maximum absolute atomic E-state index is 12.8. The van der Waals surface area contributed by atoms with E-state index in [0.29, 0.717) is 13.0 Å². The van der Waals surface area contributed by atoms with Gasteiger partial charge >= 0.3 is 0 Å². The van der Waals surface area contributed by atoms with Gasteiger partial charge in [-0.25, -0.2) is 8.42 Å². The number of primary amides is 1. The Morgan fingerprint density at radius 3 is 2.28 bits per heavy atom. The topological polar surface area (TPSA) is 101 Å². The minimum Gasteiger partial charge on any atom is -0.391 e. The highest BCUT2D eigenvalue weighted by Crippen LogP contribution is 2.31. The molecule has 1 aliphatic rings. The molecule has 0 saturated carbocycles. The van der Waals surface area contributed by atoms with E-state index in [1.54, 1.807) is 0 Å². The number of rotatable bonds is 4. The SMILES string of the molecule is NC(=O)c1ccc(S(=O)(=O)N2CC[C@H](c3ccccc3)[C@H](O)C2)cc1. The van der Waals surface area contributed by atoms with Crippen LogP contribution < -0.4 is 5.73 Å². The molecule has 1 saturated heterocycles. The van der Waals surface area contributed by atoms with E-state index in [2.05, 4.69) is 0 Å². The third-order valence-corrected chi connectivity index (χ3v) is 6.43. The number of nitrogens with two attached hydrogens (primary N) is 1. The summed E-state index contributed by atoms with van der Waals surface area (Å²) in [5.74, 6) is -0.687. The van der Waals surface area contributed by atoms with E-state index in [1.807, 2.05) is 30.3 Å². The second-order valence-corrected chi connectivity index (χ2v) is 8.06. The van der Waals surface area contributed by atoms with Crippen molar-refractivity contribution >= 4 is 15.9 Å². The van der Waals surface area contributed by atoms with E-state index < -0.39 is 22.0 Å². The molecule has 7 heteroatoms. The van der Waals surface area contributed by atoms with Gasteiger partial charge in [-0.1, -0.05) is 30.3 Å². The molecule has 25 heavy (non-hydrogen) atoms. The number of carbonyl (C=O) groups excluding carboxylic acids is 1. The van der Waals surface area contributed by atoms with E-state index in [9.17, 15) is 18.3 Å². The van der Waals surface area contributed by atoms with Crippen LogP contribution in [0.4, 0.5) is 0 Å². The first kappa shape index (κ1) is 17.6. The highest BCUT2D eigenvalue weighted by atomic mass is 32.2. The number of amides is 1. The van der Waals surface area contributed by atoms with Gasteiger partial charge in [-0.05, 0) is 36.2 Å². The number of piperidine rings is 1. The lowest BCUT2D eigenvalue weighted by molar-refractivity contribution is 0.0854. The van der Waals surface area contributed by atoms with Crippen molar-refractivity contribution in [1.82, 2.24) is 4.31 Å². The van der Waals surface area contributed by atoms with Crippen LogP contribution in [0.3, 0.4) is 0 Å². The van der Waals surface area contributed by atoms with Gasteiger partial charge in [-0.2, -0.15) is 4.31 Å². The zero-order chi connectivity index (χ0) is 18.0. The number of hydrogen-bond acceptors (Lipinski definition) is 4. The van der Waals surface area contributed by atoms with Gasteiger partial charge in [-0.15, -0.1) is 0 Å². The molecule has 2 atom stereocenters. The van der Waals surface area contributed by atoms with Gasteiger partial charge < -0.3 is 10.8 Å². The lowest BCUT2D eigenvalue weighted by Gasteiger charge is -2.35. The number of sulfonamides is 1. The molecule has 1 heterocycles. The zero-order valence-corrected chi connectivity index (χ0v) is 14.4. The Labute approximate surface area is 146 Å². The smallest absolute Gasteiger partial charge is 0.248 e. The van der Waals surface area contributed by atoms with Crippen molar-refractivity contribution in [3.05, 3.63) is 65.7 Å². The summed E-state index contributed by atoms with van der Waals surface area (Å²) in [6.07, 6.45) is -0.222. The molecule has 1 aliphatic heterocycles. The first-order chi connectivity index (χ1) is 11.9. The number of benzene rings is 2. The summed E-state index contributed by atoms with van der Waals surface area (Å²) in [6.45, 7) is 0.371. The van der Waals surface area contributed by atoms with E-state index >= 15 is 0 Å². The van der Waals surface area contributed by atoms with Crippen LogP contribution in [-0.2, 0) is 10.0 Å². The fraction of sp³-hybridized carbons (Fsp3) is 0.278. The lowest BCUT2D eigenvalue weighted by Crippen LogP contribution is -2.45. The van der Waals surface area contributed by atoms with Gasteiger partial charge in [0.2, 0.25) is 15.9 Å². The molecule has 0 spiro atoms. The minimum atomic E-state index is -3.72. The molecule has 132 valence electrons. The molecule has 0 aliphatic carbocycles. The summed E-state index contributed by atoms with van der Waals surface area (Å²) >= 11 is 0. The summed E-state index contributed by atoms with van der Waals surface area (Å²) in [5.41, 5.74) is 6.44. The van der Waals surface area contributed by atoms with E-state index in [4.69, 9.17) is 5.73 Å². The van der Waals surface area contributed by atoms with Gasteiger partial charge in [0.1, 0.15) is 0 Å². The Morgan fingerprint density at radius 2 is 1.72 bits per heavy atom. The van der Waals surface area contributed by atoms with Crippen molar-refractivity contribution in [3.63, 3.8) is 0 Å². The zero-order valence-electron chi connectivity index (χ0n) is 13.6. The summed E-state index contributed by atoms with van der Waals surface area (Å²) in [7, 11) is -3.72. The van der Waals surface area contributed by atoms with E-state index in [-0.39, 0.29) is 22.9 Å². The normalized spacial score (nSPS) is 21.8. The van der Waals surface area contributed by atoms with Crippen LogP contribution in [0.2, 0.25) is 0 Å². The van der Waals surface area contributed by atoms with Gasteiger partial charge in [0.25, 0.3) is 0 Å². The molecule has 1 fully saturated rings. The maximum Gasteiger partial charge on any atom is 0.248 e. The van der Waals surface area contributed by atoms with Crippen molar-refractivity contribution in [2.75, 3.05) is 13.1 Å². The molecule has 6 nitrogen and oxygen atoms in total. The van der Waals surface area contributed by atoms with Crippen molar-refractivity contribution in [2.24, 2.45) is 5.73 Å². The van der Waals surface area contributed by atoms with Crippen molar-refractivity contribution in [1.29, 1.82) is 0 Å². The van der Waals surface area contributed by atoms with Gasteiger partial charge in [0.15, 0.2) is 0 Å². The fourth-order valence-corrected chi connectivity index (χ4v) is 4.62. The van der Waals surface area contributed by atoms with Crippen LogP contribution in [0.5, 0.6) is 0 Å². The standard InChI is InChI=1S/C18H20N2O4S/c19-18(22)14-6-8-15(9-7-14)25(23,24)20-11-10-16(17(21)12-20)13-4-2-1-3-5-13/h1-9,16-17,21H,10-12H2,(H2,19,22)/t16-,17-/m1/s1. The van der Waals surface area contributed by atoms with Crippen LogP contribution in [0.25, 0.3) is 0 Å². The second-order valence-electron chi connectivity index (χ2n) is 6.12. The summed E-state index contributed by atoms with van der Waals surface area (Å²) in [4.78, 5) is 11.2. The quantitative estimate of drug-likeness (QED) is 0.859. The Balaban J connectivity index is 1.77. The molecular formula is C18H20N2O4S. The third kappa shape index (κ3) is 3.58. The molecule has 2 aromatic rings. The molecule has 2 aromatic carbocycles. The molecular weight excluding hydrogens is 340 g/mol. The molecule has 0 aromatic heterocycles. The Hall–Kier alpha value is -2.22. The van der Waals surface area contributed by atoms with E-state index in [0.717, 1.165) is 5.56 Å². The Kier molecular flexibility index (Phi) is 4.89. The molecule has 3 rings (SSSR count). The number of carbonyl (C=O) groups is 1. The van der Waals surface area contributed by atoms with Crippen molar-refractivity contribution in [3.8, 4) is 0 Å². The summed E-state index contributed by atoms with van der Waals surface area (Å²) in [5, 5.41) is 10.5. The molecule has 0 unspecified atom stereocenters. The number of β-amino-alcohol motifs (C(OH)–C–C–N with tert-alkyl or cyclic N) is 1. The Bertz CT molecular complexity index is 850. The van der Waals surface area contributed by atoms with Crippen LogP contribution in [0.15, 0.2) is 59.5 Å². The van der Waals surface area contributed by atoms with Gasteiger partial charge in [0, 0.05) is 24.6 Å². The number of aliphatic hydroxyl groups excluding tert-OH is 1. The first-order valence-electron chi connectivity index (χ1n) is 8.02. The number of nitrogens with zero attached hydrogens (tertiary/aromatic N) is 1. The van der Waals surface area contributed by atoms with Gasteiger partial charge in [0.05, 0.1) is 11.0 Å². The number of aliphatic hydroxyl groups is 1. The number of hydrogen-bond donors (Lipinski definition) is 2. The minimum absolute atomic E-state index is 0.0411. The van der Waals surface area contributed by atoms with E-state index in [1.165, 1.54) is 28.6 Å². The predicted molar refractivity (Wildman–Crippen MR) is 93.5 cm³/mol. The highest BCUT2D eigenvalue weighted by Gasteiger charge is 2.35. The Morgan fingerprint density at radius 1 is 1.08 bits per heavy atom. The lowest BCUT2D eigenvalue weighted by atomic mass is 9.88. The predicted octanol–water partition coefficient (Wildman–Crippen LogP) is 1.32. The van der Waals surface area contributed by atoms with Crippen molar-refractivity contribution < 1.29 is 18.3 Å². The summed E-state index contributed by atoms with van der Waals surface area (Å²) in [6, 6.07) is 15.1. The van der Waals surface area contributed by atoms with Crippen molar-refractivity contribution in [2.45, 2.75) is 23.3 Å². The highest BCUT2D eigenvalue weighted by molar-refractivity contribution is 7.89. The fourth-order valence-electron chi connectivity index (χ4n) is 3.15. The first-order valence-corrected chi connectivity index (χ1v) is 9.46. The monoisotopic (exact) mass is 360 g/mol. The van der Waals surface area contributed by atoms with Crippen LogP contribution in [0, 0.1) is 0 Å². The average Bonchev–Trinajstić information content (AvgIpc) is 2.62. The second kappa shape index (κ2) is 6.95. The molecule has 0 bridgehead atoms. The molecule has 0 radical (unpaired) electrons.